The summed E-state index contributed by atoms with van der Waals surface area (Å²) < 4.78 is 20.4. The number of thioether (sulfide) groups is 1. The number of rotatable bonds is 3. The van der Waals surface area contributed by atoms with Crippen LogP contribution in [-0.2, 0) is 16.6 Å². The largest absolute Gasteiger partial charge is 0.469 e. The van der Waals surface area contributed by atoms with Crippen molar-refractivity contribution in [3.05, 3.63) is 95.3 Å². The maximum atomic E-state index is 14.0. The highest BCUT2D eigenvalue weighted by molar-refractivity contribution is 8.13. The number of aliphatic imine (C=N–C) groups is 1. The number of H-pyrrole nitrogens is 1. The Morgan fingerprint density at radius 1 is 1.06 bits per heavy atom. The van der Waals surface area contributed by atoms with Gasteiger partial charge in [0.25, 0.3) is 5.91 Å². The van der Waals surface area contributed by atoms with Crippen molar-refractivity contribution >= 4 is 45.2 Å². The highest BCUT2D eigenvalue weighted by Gasteiger charge is 2.61. The molecule has 12 heteroatoms. The van der Waals surface area contributed by atoms with Gasteiger partial charge in [0, 0.05) is 57.2 Å². The lowest BCUT2D eigenvalue weighted by molar-refractivity contribution is -0.116. The van der Waals surface area contributed by atoms with Crippen molar-refractivity contribution in [3.63, 3.8) is 0 Å². The zero-order valence-corrected chi connectivity index (χ0v) is 28.8. The Balaban J connectivity index is 1.30. The molecular formula is C39H32N6O5S. The van der Waals surface area contributed by atoms with Gasteiger partial charge in [-0.3, -0.25) is 9.59 Å². The van der Waals surface area contributed by atoms with Gasteiger partial charge in [-0.1, -0.05) is 75.0 Å². The molecular weight excluding hydrogens is 665 g/mol. The molecule has 3 atom stereocenters. The molecule has 51 heavy (non-hydrogen) atoms. The summed E-state index contributed by atoms with van der Waals surface area (Å²) in [7, 11) is 0. The standard InChI is InChI=1S/C39H32N6O5S/c1-4-13-51-38(47)42-26-15-19-11-12-27-24(14-19)39-23-9-5-8-21(31(23)45-37(39)49-27)20-7-6-10-25-29(20)22(16-40-25)28-17-41-35(48-28)32-33(39)50-36(44-32)30(18(2)3)43-34(26)46/h5-12,14,16-18,30,37,40,45H,4,13,15H2,1-3H3,(H,43,46)/b42-26+/t30-,37?,39?/m0/s1. The van der Waals surface area contributed by atoms with Crippen molar-refractivity contribution in [2.24, 2.45) is 10.9 Å². The predicted octanol–water partition coefficient (Wildman–Crippen LogP) is 8.01. The summed E-state index contributed by atoms with van der Waals surface area (Å²) in [5, 5.41) is 7.50. The van der Waals surface area contributed by atoms with Crippen molar-refractivity contribution in [3.8, 4) is 39.8 Å². The Kier molecular flexibility index (Phi) is 6.48. The van der Waals surface area contributed by atoms with E-state index in [4.69, 9.17) is 23.5 Å². The van der Waals surface area contributed by atoms with Crippen LogP contribution in [0, 0.1) is 5.92 Å². The molecule has 2 unspecified atom stereocenters. The molecule has 4 aliphatic heterocycles. The van der Waals surface area contributed by atoms with Crippen molar-refractivity contribution in [1.29, 1.82) is 0 Å². The van der Waals surface area contributed by atoms with Gasteiger partial charge in [-0.15, -0.1) is 0 Å². The zero-order chi connectivity index (χ0) is 34.6. The molecule has 1 spiro atoms. The molecule has 6 aromatic rings. The van der Waals surface area contributed by atoms with E-state index in [1.807, 2.05) is 51.2 Å². The number of fused-ring (bicyclic) bond motifs is 7. The molecule has 7 heterocycles. The van der Waals surface area contributed by atoms with E-state index in [0.29, 0.717) is 34.6 Å². The SMILES string of the molecule is CCCSC(=O)/N=C1\Cc2ccc3c(c2)C24c5cccc(c5NC2O3)-c2cccc3[nH]cc(c23)-c2cnc(o2)-c2nc(oc24)[C@H](C(C)C)NC1=O. The molecule has 254 valence electrons. The molecule has 10 rings (SSSR count). The fourth-order valence-corrected chi connectivity index (χ4v) is 8.62. The molecule has 2 amide bonds. The number of hydrogen-bond donors (Lipinski definition) is 3. The van der Waals surface area contributed by atoms with Crippen LogP contribution in [0.5, 0.6) is 5.75 Å². The smallest absolute Gasteiger partial charge is 0.305 e. The molecule has 10 bridgehead atoms. The Bertz CT molecular complexity index is 2490. The second-order valence-electron chi connectivity index (χ2n) is 13.7. The van der Waals surface area contributed by atoms with Crippen LogP contribution in [0.15, 0.2) is 80.8 Å². The lowest BCUT2D eigenvalue weighted by Gasteiger charge is -2.28. The third-order valence-corrected chi connectivity index (χ3v) is 11.3. The van der Waals surface area contributed by atoms with E-state index in [1.165, 1.54) is 0 Å². The molecule has 0 aliphatic carbocycles. The minimum Gasteiger partial charge on any atom is -0.469 e. The van der Waals surface area contributed by atoms with Crippen LogP contribution in [-0.4, -0.2) is 43.8 Å². The number of benzene rings is 3. The lowest BCUT2D eigenvalue weighted by Crippen LogP contribution is -2.40. The number of amides is 2. The van der Waals surface area contributed by atoms with Gasteiger partial charge in [0.1, 0.15) is 22.9 Å². The second kappa shape index (κ2) is 10.9. The Hall–Kier alpha value is -5.62. The van der Waals surface area contributed by atoms with E-state index in [9.17, 15) is 9.59 Å². The fraction of sp³-hybridized carbons (Fsp3) is 0.256. The second-order valence-corrected chi connectivity index (χ2v) is 14.8. The Morgan fingerprint density at radius 2 is 1.92 bits per heavy atom. The van der Waals surface area contributed by atoms with Gasteiger partial charge in [0.2, 0.25) is 11.8 Å². The topological polar surface area (TPSA) is 148 Å². The first-order valence-corrected chi connectivity index (χ1v) is 18.2. The van der Waals surface area contributed by atoms with Crippen LogP contribution in [0.3, 0.4) is 0 Å². The van der Waals surface area contributed by atoms with Gasteiger partial charge < -0.3 is 29.2 Å². The third kappa shape index (κ3) is 4.22. The number of aromatic nitrogens is 3. The monoisotopic (exact) mass is 696 g/mol. The van der Waals surface area contributed by atoms with E-state index >= 15 is 0 Å². The van der Waals surface area contributed by atoms with Gasteiger partial charge in [-0.2, -0.15) is 0 Å². The van der Waals surface area contributed by atoms with Gasteiger partial charge in [0.15, 0.2) is 23.4 Å². The number of hydrogen-bond acceptors (Lipinski definition) is 9. The summed E-state index contributed by atoms with van der Waals surface area (Å²) in [6.45, 7) is 5.97. The van der Waals surface area contributed by atoms with Crippen molar-refractivity contribution in [2.75, 3.05) is 11.1 Å². The first kappa shape index (κ1) is 30.2. The van der Waals surface area contributed by atoms with Gasteiger partial charge in [-0.05, 0) is 35.6 Å². The summed E-state index contributed by atoms with van der Waals surface area (Å²) in [4.78, 5) is 44.6. The first-order valence-electron chi connectivity index (χ1n) is 17.2. The highest BCUT2D eigenvalue weighted by atomic mass is 32.2. The minimum atomic E-state index is -1.03. The van der Waals surface area contributed by atoms with Crippen LogP contribution < -0.4 is 15.4 Å². The van der Waals surface area contributed by atoms with Crippen molar-refractivity contribution < 1.29 is 23.2 Å². The number of nitrogens with zero attached hydrogens (tertiary/aromatic N) is 3. The zero-order valence-electron chi connectivity index (χ0n) is 28.0. The van der Waals surface area contributed by atoms with E-state index in [-0.39, 0.29) is 23.9 Å². The number of carbonyl (C=O) groups excluding carboxylic acids is 2. The molecule has 0 fully saturated rings. The van der Waals surface area contributed by atoms with E-state index in [0.717, 1.165) is 68.2 Å². The molecule has 0 saturated carbocycles. The maximum absolute atomic E-state index is 14.0. The number of oxazole rings is 2. The molecule has 0 radical (unpaired) electrons. The summed E-state index contributed by atoms with van der Waals surface area (Å²) in [5.74, 6) is 2.35. The quantitative estimate of drug-likeness (QED) is 0.167. The van der Waals surface area contributed by atoms with E-state index in [2.05, 4.69) is 50.9 Å². The average Bonchev–Trinajstić information content (AvgIpc) is 3.95. The summed E-state index contributed by atoms with van der Waals surface area (Å²) in [6.07, 6.45) is 4.00. The van der Waals surface area contributed by atoms with Gasteiger partial charge >= 0.3 is 5.24 Å². The maximum Gasteiger partial charge on any atom is 0.305 e. The fourth-order valence-electron chi connectivity index (χ4n) is 8.06. The predicted molar refractivity (Wildman–Crippen MR) is 194 cm³/mol. The first-order chi connectivity index (χ1) is 24.8. The lowest BCUT2D eigenvalue weighted by atomic mass is 9.72. The number of aromatic amines is 1. The molecule has 3 N–H and O–H groups in total. The highest BCUT2D eigenvalue weighted by Crippen LogP contribution is 2.61. The van der Waals surface area contributed by atoms with Gasteiger partial charge in [0.05, 0.1) is 6.20 Å². The van der Waals surface area contributed by atoms with Crippen LogP contribution in [0.2, 0.25) is 0 Å². The van der Waals surface area contributed by atoms with Crippen LogP contribution in [0.1, 0.15) is 61.6 Å². The normalized spacial score (nSPS) is 21.5. The molecule has 11 nitrogen and oxygen atoms in total. The summed E-state index contributed by atoms with van der Waals surface area (Å²) in [5.41, 5.74) is 6.90. The van der Waals surface area contributed by atoms with E-state index in [1.54, 1.807) is 6.20 Å². The minimum absolute atomic E-state index is 0.122. The van der Waals surface area contributed by atoms with Crippen LogP contribution in [0.4, 0.5) is 10.5 Å². The number of carbonyl (C=O) groups is 2. The van der Waals surface area contributed by atoms with Crippen LogP contribution >= 0.6 is 11.8 Å². The Labute approximate surface area is 296 Å². The summed E-state index contributed by atoms with van der Waals surface area (Å²) in [6, 6.07) is 17.7. The summed E-state index contributed by atoms with van der Waals surface area (Å²) >= 11 is 1.10. The molecule has 3 aromatic carbocycles. The van der Waals surface area contributed by atoms with E-state index < -0.39 is 28.8 Å². The Morgan fingerprint density at radius 3 is 2.78 bits per heavy atom. The third-order valence-electron chi connectivity index (χ3n) is 10.4. The average molecular weight is 697 g/mol. The number of nitrogens with one attached hydrogen (secondary N) is 3. The number of anilines is 1. The molecule has 4 aliphatic rings. The van der Waals surface area contributed by atoms with Crippen molar-refractivity contribution in [2.45, 2.75) is 51.3 Å². The number of ether oxygens (including phenoxy) is 1. The molecule has 3 aromatic heterocycles. The van der Waals surface area contributed by atoms with Crippen LogP contribution in [0.25, 0.3) is 44.9 Å². The number of para-hydroxylation sites is 1. The van der Waals surface area contributed by atoms with Gasteiger partial charge in [-0.25, -0.2) is 15.0 Å². The van der Waals surface area contributed by atoms with Crippen molar-refractivity contribution in [1.82, 2.24) is 20.3 Å². The molecule has 0 saturated heterocycles.